The summed E-state index contributed by atoms with van der Waals surface area (Å²) in [7, 11) is 3.57. The Balaban J connectivity index is 1.30. The molecule has 11 nitrogen and oxygen atoms in total. The summed E-state index contributed by atoms with van der Waals surface area (Å²) in [5.74, 6) is 1.96. The van der Waals surface area contributed by atoms with E-state index in [1.807, 2.05) is 19.2 Å². The summed E-state index contributed by atoms with van der Waals surface area (Å²) in [6, 6.07) is 6.56. The number of furan rings is 1. The third kappa shape index (κ3) is 3.89. The number of nitrogens with one attached hydrogen (secondary N) is 2. The highest BCUT2D eigenvalue weighted by molar-refractivity contribution is 6.08. The molecular weight excluding hydrogens is 488 g/mol. The zero-order valence-corrected chi connectivity index (χ0v) is 21.9. The number of fused-ring (bicyclic) bond motifs is 2. The molecule has 4 amide bonds. The van der Waals surface area contributed by atoms with E-state index in [1.165, 1.54) is 0 Å². The summed E-state index contributed by atoms with van der Waals surface area (Å²) in [5, 5.41) is 5.12. The molecule has 38 heavy (non-hydrogen) atoms. The van der Waals surface area contributed by atoms with Crippen LogP contribution in [0.5, 0.6) is 5.75 Å². The van der Waals surface area contributed by atoms with E-state index < -0.39 is 17.5 Å². The Kier molecular flexibility index (Phi) is 5.82. The monoisotopic (exact) mass is 520 g/mol. The van der Waals surface area contributed by atoms with Crippen LogP contribution in [0.2, 0.25) is 0 Å². The zero-order chi connectivity index (χ0) is 26.6. The van der Waals surface area contributed by atoms with Crippen LogP contribution in [-0.2, 0) is 23.4 Å². The van der Waals surface area contributed by atoms with Crippen LogP contribution in [0.1, 0.15) is 39.9 Å². The lowest BCUT2D eigenvalue weighted by Crippen LogP contribution is -2.52. The van der Waals surface area contributed by atoms with Crippen LogP contribution in [0.3, 0.4) is 0 Å². The first-order chi connectivity index (χ1) is 18.3. The molecule has 1 atom stereocenters. The van der Waals surface area contributed by atoms with E-state index in [2.05, 4.69) is 38.3 Å². The van der Waals surface area contributed by atoms with Crippen LogP contribution in [0.25, 0.3) is 6.08 Å². The first kappa shape index (κ1) is 24.4. The molecule has 0 saturated carbocycles. The maximum atomic E-state index is 13.3. The summed E-state index contributed by atoms with van der Waals surface area (Å²) in [6.07, 6.45) is 2.08. The SMILES string of the molecule is CCN1CCN(C2=Cc3cc(C4(CN5Cc6ccc(OC)cc6C5=O)NC(=O)NC4=O)oc3CN2C)CC1. The topological polar surface area (TPSA) is 111 Å². The maximum Gasteiger partial charge on any atom is 0.322 e. The highest BCUT2D eigenvalue weighted by Gasteiger charge is 2.53. The standard InChI is InChI=1S/C27H32N6O5/c1-4-31-7-9-32(10-8-31)23-12-18-11-22(38-21(18)15-30(23)2)27(25(35)28-26(36)29-27)16-33-14-17-5-6-19(37-3)13-20(17)24(33)34/h5-6,11-13H,4,7-10,14-16H2,1-3H3,(H2,28,29,35,36). The van der Waals surface area contributed by atoms with Crippen molar-refractivity contribution in [1.82, 2.24) is 30.2 Å². The summed E-state index contributed by atoms with van der Waals surface area (Å²) in [6.45, 7) is 7.93. The Morgan fingerprint density at radius 3 is 2.55 bits per heavy atom. The van der Waals surface area contributed by atoms with Gasteiger partial charge >= 0.3 is 6.03 Å². The lowest BCUT2D eigenvalue weighted by Gasteiger charge is -2.40. The summed E-state index contributed by atoms with van der Waals surface area (Å²) >= 11 is 0. The Morgan fingerprint density at radius 2 is 1.87 bits per heavy atom. The van der Waals surface area contributed by atoms with Crippen molar-refractivity contribution in [2.45, 2.75) is 25.6 Å². The van der Waals surface area contributed by atoms with Crippen molar-refractivity contribution in [2.75, 3.05) is 53.4 Å². The van der Waals surface area contributed by atoms with Crippen LogP contribution in [0.15, 0.2) is 34.5 Å². The lowest BCUT2D eigenvalue weighted by molar-refractivity contribution is -0.125. The van der Waals surface area contributed by atoms with Gasteiger partial charge in [-0.15, -0.1) is 0 Å². The molecule has 1 aromatic heterocycles. The van der Waals surface area contributed by atoms with E-state index in [-0.39, 0.29) is 12.5 Å². The molecule has 0 radical (unpaired) electrons. The molecule has 1 aromatic carbocycles. The van der Waals surface area contributed by atoms with Gasteiger partial charge in [-0.25, -0.2) is 4.79 Å². The van der Waals surface area contributed by atoms with Crippen LogP contribution >= 0.6 is 0 Å². The quantitative estimate of drug-likeness (QED) is 0.550. The number of carbonyl (C=O) groups excluding carboxylic acids is 3. The molecule has 0 spiro atoms. The first-order valence-corrected chi connectivity index (χ1v) is 12.9. The van der Waals surface area contributed by atoms with E-state index >= 15 is 0 Å². The van der Waals surface area contributed by atoms with E-state index in [1.54, 1.807) is 24.1 Å². The fraction of sp³-hybridized carbons (Fsp3) is 0.444. The number of ether oxygens (including phenoxy) is 1. The number of benzene rings is 1. The largest absolute Gasteiger partial charge is 0.497 e. The molecule has 0 aliphatic carbocycles. The number of amides is 4. The molecule has 6 rings (SSSR count). The van der Waals surface area contributed by atoms with Crippen LogP contribution < -0.4 is 15.4 Å². The van der Waals surface area contributed by atoms with Crippen LogP contribution in [-0.4, -0.2) is 90.9 Å². The fourth-order valence-electron chi connectivity index (χ4n) is 5.81. The number of carbonyl (C=O) groups is 3. The van der Waals surface area contributed by atoms with Gasteiger partial charge in [-0.05, 0) is 36.4 Å². The minimum Gasteiger partial charge on any atom is -0.497 e. The molecule has 2 aromatic rings. The van der Waals surface area contributed by atoms with Crippen molar-refractivity contribution in [3.05, 3.63) is 58.3 Å². The minimum atomic E-state index is -1.53. The Morgan fingerprint density at radius 1 is 1.08 bits per heavy atom. The second-order valence-corrected chi connectivity index (χ2v) is 10.3. The highest BCUT2D eigenvalue weighted by Crippen LogP contribution is 2.37. The molecule has 2 N–H and O–H groups in total. The molecule has 5 heterocycles. The van der Waals surface area contributed by atoms with Crippen molar-refractivity contribution in [2.24, 2.45) is 0 Å². The van der Waals surface area contributed by atoms with E-state index in [4.69, 9.17) is 9.15 Å². The van der Waals surface area contributed by atoms with Gasteiger partial charge in [0.1, 0.15) is 23.1 Å². The van der Waals surface area contributed by atoms with Crippen molar-refractivity contribution >= 4 is 23.9 Å². The Bertz CT molecular complexity index is 1340. The molecule has 1 unspecified atom stereocenters. The minimum absolute atomic E-state index is 0.0574. The number of piperazine rings is 1. The normalized spacial score (nSPS) is 23.3. The molecular formula is C27H32N6O5. The number of imide groups is 1. The average Bonchev–Trinajstić information content (AvgIpc) is 3.56. The predicted molar refractivity (Wildman–Crippen MR) is 138 cm³/mol. The van der Waals surface area contributed by atoms with E-state index in [0.717, 1.165) is 49.7 Å². The number of hydrogen-bond acceptors (Lipinski definition) is 8. The molecule has 4 aliphatic heterocycles. The number of nitrogens with zero attached hydrogens (tertiary/aromatic N) is 4. The van der Waals surface area contributed by atoms with Crippen molar-refractivity contribution in [1.29, 1.82) is 0 Å². The molecule has 4 aliphatic rings. The molecule has 11 heteroatoms. The van der Waals surface area contributed by atoms with Gasteiger partial charge < -0.3 is 34.1 Å². The number of likely N-dealkylation sites (N-methyl/N-ethyl adjacent to an activating group) is 1. The van der Waals surface area contributed by atoms with Gasteiger partial charge in [0.2, 0.25) is 0 Å². The van der Waals surface area contributed by atoms with Crippen LogP contribution in [0, 0.1) is 0 Å². The molecule has 0 bridgehead atoms. The van der Waals surface area contributed by atoms with Crippen molar-refractivity contribution in [3.8, 4) is 5.75 Å². The predicted octanol–water partition coefficient (Wildman–Crippen LogP) is 1.36. The van der Waals surface area contributed by atoms with Gasteiger partial charge in [0.05, 0.1) is 20.2 Å². The number of hydrogen-bond donors (Lipinski definition) is 2. The Hall–Kier alpha value is -3.99. The highest BCUT2D eigenvalue weighted by atomic mass is 16.5. The zero-order valence-electron chi connectivity index (χ0n) is 21.9. The van der Waals surface area contributed by atoms with E-state index in [0.29, 0.717) is 35.9 Å². The second-order valence-electron chi connectivity index (χ2n) is 10.3. The molecule has 2 saturated heterocycles. The van der Waals surface area contributed by atoms with Gasteiger partial charge in [0.15, 0.2) is 5.54 Å². The smallest absolute Gasteiger partial charge is 0.322 e. The fourth-order valence-corrected chi connectivity index (χ4v) is 5.81. The lowest BCUT2D eigenvalue weighted by atomic mass is 9.94. The summed E-state index contributed by atoms with van der Waals surface area (Å²) in [5.41, 5.74) is 0.711. The van der Waals surface area contributed by atoms with Gasteiger partial charge in [-0.1, -0.05) is 13.0 Å². The maximum absolute atomic E-state index is 13.3. The van der Waals surface area contributed by atoms with Gasteiger partial charge in [-0.2, -0.15) is 0 Å². The van der Waals surface area contributed by atoms with Crippen molar-refractivity contribution in [3.63, 3.8) is 0 Å². The third-order valence-electron chi connectivity index (χ3n) is 8.03. The summed E-state index contributed by atoms with van der Waals surface area (Å²) in [4.78, 5) is 47.4. The summed E-state index contributed by atoms with van der Waals surface area (Å²) < 4.78 is 11.5. The molecule has 200 valence electrons. The Labute approximate surface area is 221 Å². The number of urea groups is 1. The molecule has 2 fully saturated rings. The van der Waals surface area contributed by atoms with E-state index in [9.17, 15) is 14.4 Å². The average molecular weight is 521 g/mol. The van der Waals surface area contributed by atoms with Gasteiger partial charge in [-0.3, -0.25) is 14.9 Å². The first-order valence-electron chi connectivity index (χ1n) is 12.9. The second kappa shape index (κ2) is 9.09. The number of methoxy groups -OCH3 is 1. The van der Waals surface area contributed by atoms with Crippen molar-refractivity contribution < 1.29 is 23.5 Å². The van der Waals surface area contributed by atoms with Gasteiger partial charge in [0.25, 0.3) is 11.8 Å². The van der Waals surface area contributed by atoms with Gasteiger partial charge in [0, 0.05) is 50.9 Å². The number of rotatable bonds is 6. The third-order valence-corrected chi connectivity index (χ3v) is 8.03. The van der Waals surface area contributed by atoms with Crippen LogP contribution in [0.4, 0.5) is 4.79 Å².